The van der Waals surface area contributed by atoms with Crippen LogP contribution in [0.3, 0.4) is 0 Å². The maximum absolute atomic E-state index is 11.6. The van der Waals surface area contributed by atoms with Crippen LogP contribution in [-0.4, -0.2) is 24.8 Å². The van der Waals surface area contributed by atoms with E-state index in [1.54, 1.807) is 12.1 Å². The molecule has 0 aliphatic carbocycles. The van der Waals surface area contributed by atoms with E-state index in [0.717, 1.165) is 37.8 Å². The highest BCUT2D eigenvalue weighted by Gasteiger charge is 2.06. The SMILES string of the molecule is CCCCCCOC(=O)/C=C/C(=O)Oc1ccccc1C=O. The zero-order valence-corrected chi connectivity index (χ0v) is 12.6. The van der Waals surface area contributed by atoms with Crippen LogP contribution in [-0.2, 0) is 14.3 Å². The lowest BCUT2D eigenvalue weighted by Crippen LogP contribution is -2.08. The Balaban J connectivity index is 2.37. The van der Waals surface area contributed by atoms with Crippen LogP contribution in [0.4, 0.5) is 0 Å². The molecule has 0 saturated heterocycles. The molecule has 0 spiro atoms. The van der Waals surface area contributed by atoms with Crippen LogP contribution in [0.1, 0.15) is 43.0 Å². The van der Waals surface area contributed by atoms with Crippen molar-refractivity contribution in [2.45, 2.75) is 32.6 Å². The van der Waals surface area contributed by atoms with Crippen molar-refractivity contribution in [1.29, 1.82) is 0 Å². The second-order valence-corrected chi connectivity index (χ2v) is 4.64. The quantitative estimate of drug-likeness (QED) is 0.230. The fourth-order valence-electron chi connectivity index (χ4n) is 1.70. The Morgan fingerprint density at radius 3 is 2.50 bits per heavy atom. The van der Waals surface area contributed by atoms with E-state index >= 15 is 0 Å². The standard InChI is InChI=1S/C17H20O5/c1-2-3-4-7-12-21-16(19)10-11-17(20)22-15-9-6-5-8-14(15)13-18/h5-6,8-11,13H,2-4,7,12H2,1H3/b11-10+. The van der Waals surface area contributed by atoms with E-state index in [4.69, 9.17) is 9.47 Å². The molecule has 0 N–H and O–H groups in total. The third-order valence-electron chi connectivity index (χ3n) is 2.85. The lowest BCUT2D eigenvalue weighted by Gasteiger charge is -2.03. The third kappa shape index (κ3) is 6.83. The normalized spacial score (nSPS) is 10.4. The smallest absolute Gasteiger partial charge is 0.336 e. The zero-order valence-electron chi connectivity index (χ0n) is 12.6. The van der Waals surface area contributed by atoms with Gasteiger partial charge in [0.05, 0.1) is 12.2 Å². The van der Waals surface area contributed by atoms with Crippen molar-refractivity contribution in [1.82, 2.24) is 0 Å². The Bertz CT molecular complexity index is 534. The molecule has 5 nitrogen and oxygen atoms in total. The van der Waals surface area contributed by atoms with Crippen LogP contribution in [0.5, 0.6) is 5.75 Å². The largest absolute Gasteiger partial charge is 0.463 e. The lowest BCUT2D eigenvalue weighted by molar-refractivity contribution is -0.138. The van der Waals surface area contributed by atoms with Gasteiger partial charge in [0, 0.05) is 12.2 Å². The molecule has 0 amide bonds. The van der Waals surface area contributed by atoms with Gasteiger partial charge in [-0.15, -0.1) is 0 Å². The van der Waals surface area contributed by atoms with Gasteiger partial charge < -0.3 is 9.47 Å². The summed E-state index contributed by atoms with van der Waals surface area (Å²) in [7, 11) is 0. The fraction of sp³-hybridized carbons (Fsp3) is 0.353. The summed E-state index contributed by atoms with van der Waals surface area (Å²) in [6.45, 7) is 2.44. The second kappa shape index (κ2) is 10.3. The van der Waals surface area contributed by atoms with Crippen LogP contribution in [0, 0.1) is 0 Å². The summed E-state index contributed by atoms with van der Waals surface area (Å²) in [4.78, 5) is 33.7. The zero-order chi connectivity index (χ0) is 16.2. The van der Waals surface area contributed by atoms with Gasteiger partial charge in [-0.25, -0.2) is 9.59 Å². The Morgan fingerprint density at radius 1 is 1.05 bits per heavy atom. The van der Waals surface area contributed by atoms with Gasteiger partial charge in [0.1, 0.15) is 5.75 Å². The van der Waals surface area contributed by atoms with Crippen LogP contribution in [0.15, 0.2) is 36.4 Å². The molecule has 0 atom stereocenters. The van der Waals surface area contributed by atoms with Crippen molar-refractivity contribution in [3.05, 3.63) is 42.0 Å². The molecule has 0 bridgehead atoms. The molecule has 118 valence electrons. The predicted octanol–water partition coefficient (Wildman–Crippen LogP) is 3.08. The summed E-state index contributed by atoms with van der Waals surface area (Å²) in [6, 6.07) is 6.34. The summed E-state index contributed by atoms with van der Waals surface area (Å²) in [6.07, 6.45) is 6.64. The number of aldehydes is 1. The molecule has 0 aliphatic rings. The van der Waals surface area contributed by atoms with Gasteiger partial charge in [-0.3, -0.25) is 4.79 Å². The van der Waals surface area contributed by atoms with Crippen molar-refractivity contribution >= 4 is 18.2 Å². The molecule has 1 rings (SSSR count). The Kier molecular flexibility index (Phi) is 8.27. The van der Waals surface area contributed by atoms with Gasteiger partial charge in [-0.05, 0) is 18.6 Å². The minimum atomic E-state index is -0.739. The average molecular weight is 304 g/mol. The summed E-state index contributed by atoms with van der Waals surface area (Å²) >= 11 is 0. The maximum atomic E-state index is 11.6. The molecule has 0 unspecified atom stereocenters. The average Bonchev–Trinajstić information content (AvgIpc) is 2.53. The van der Waals surface area contributed by atoms with Gasteiger partial charge in [-0.2, -0.15) is 0 Å². The molecular formula is C17H20O5. The first-order valence-corrected chi connectivity index (χ1v) is 7.28. The molecule has 0 saturated carbocycles. The molecule has 5 heteroatoms. The molecule has 0 radical (unpaired) electrons. The van der Waals surface area contributed by atoms with E-state index in [1.807, 2.05) is 0 Å². The van der Waals surface area contributed by atoms with E-state index in [1.165, 1.54) is 12.1 Å². The van der Waals surface area contributed by atoms with E-state index in [2.05, 4.69) is 6.92 Å². The number of hydrogen-bond donors (Lipinski definition) is 0. The summed E-state index contributed by atoms with van der Waals surface area (Å²) in [5.74, 6) is -1.17. The third-order valence-corrected chi connectivity index (χ3v) is 2.85. The van der Waals surface area contributed by atoms with Gasteiger partial charge in [0.15, 0.2) is 6.29 Å². The minimum Gasteiger partial charge on any atom is -0.463 e. The van der Waals surface area contributed by atoms with Crippen molar-refractivity contribution in [3.8, 4) is 5.75 Å². The van der Waals surface area contributed by atoms with Gasteiger partial charge in [0.25, 0.3) is 0 Å². The highest BCUT2D eigenvalue weighted by atomic mass is 16.5. The molecule has 1 aromatic rings. The van der Waals surface area contributed by atoms with E-state index in [0.29, 0.717) is 12.9 Å². The molecule has 0 aromatic heterocycles. The number of unbranched alkanes of at least 4 members (excludes halogenated alkanes) is 3. The van der Waals surface area contributed by atoms with Crippen LogP contribution in [0.2, 0.25) is 0 Å². The van der Waals surface area contributed by atoms with Crippen LogP contribution in [0.25, 0.3) is 0 Å². The first kappa shape index (κ1) is 17.6. The highest BCUT2D eigenvalue weighted by Crippen LogP contribution is 2.15. The predicted molar refractivity (Wildman–Crippen MR) is 81.7 cm³/mol. The molecular weight excluding hydrogens is 284 g/mol. The second-order valence-electron chi connectivity index (χ2n) is 4.64. The topological polar surface area (TPSA) is 69.7 Å². The van der Waals surface area contributed by atoms with E-state index in [-0.39, 0.29) is 11.3 Å². The highest BCUT2D eigenvalue weighted by molar-refractivity contribution is 5.93. The monoisotopic (exact) mass is 304 g/mol. The summed E-state index contributed by atoms with van der Waals surface area (Å²) in [5.41, 5.74) is 0.266. The summed E-state index contributed by atoms with van der Waals surface area (Å²) < 4.78 is 9.92. The minimum absolute atomic E-state index is 0.153. The maximum Gasteiger partial charge on any atom is 0.336 e. The van der Waals surface area contributed by atoms with Gasteiger partial charge in [0.2, 0.25) is 0 Å². The van der Waals surface area contributed by atoms with E-state index < -0.39 is 11.9 Å². The summed E-state index contributed by atoms with van der Waals surface area (Å²) in [5, 5.41) is 0. The van der Waals surface area contributed by atoms with Crippen LogP contribution >= 0.6 is 0 Å². The van der Waals surface area contributed by atoms with Crippen molar-refractivity contribution in [3.63, 3.8) is 0 Å². The number of carbonyl (C=O) groups excluding carboxylic acids is 3. The molecule has 0 aliphatic heterocycles. The van der Waals surface area contributed by atoms with E-state index in [9.17, 15) is 14.4 Å². The van der Waals surface area contributed by atoms with Crippen LogP contribution < -0.4 is 4.74 Å². The van der Waals surface area contributed by atoms with Gasteiger partial charge in [-0.1, -0.05) is 38.3 Å². The molecule has 0 heterocycles. The van der Waals surface area contributed by atoms with Crippen molar-refractivity contribution in [2.24, 2.45) is 0 Å². The molecule has 1 aromatic carbocycles. The first-order valence-electron chi connectivity index (χ1n) is 7.28. The number of ether oxygens (including phenoxy) is 2. The molecule has 0 fully saturated rings. The van der Waals surface area contributed by atoms with Gasteiger partial charge >= 0.3 is 11.9 Å². The fourth-order valence-corrected chi connectivity index (χ4v) is 1.70. The number of carbonyl (C=O) groups is 3. The van der Waals surface area contributed by atoms with Crippen molar-refractivity contribution in [2.75, 3.05) is 6.61 Å². The lowest BCUT2D eigenvalue weighted by atomic mass is 10.2. The number of rotatable bonds is 9. The van der Waals surface area contributed by atoms with Crippen molar-refractivity contribution < 1.29 is 23.9 Å². The number of hydrogen-bond acceptors (Lipinski definition) is 5. The number of esters is 2. The molecule has 22 heavy (non-hydrogen) atoms. The Morgan fingerprint density at radius 2 is 1.77 bits per heavy atom. The number of para-hydroxylation sites is 1. The number of benzene rings is 1. The Hall–Kier alpha value is -2.43. The Labute approximate surface area is 129 Å². The first-order chi connectivity index (χ1) is 10.7.